The Balaban J connectivity index is 2.80. The highest BCUT2D eigenvalue weighted by molar-refractivity contribution is 5.47. The first kappa shape index (κ1) is 13.6. The van der Waals surface area contributed by atoms with E-state index in [1.807, 2.05) is 0 Å². The van der Waals surface area contributed by atoms with Crippen LogP contribution in [0.2, 0.25) is 0 Å². The molecule has 0 fully saturated rings. The Bertz CT molecular complexity index is 405. The Morgan fingerprint density at radius 2 is 2.18 bits per heavy atom. The number of hydrogen-bond donors (Lipinski definition) is 1. The summed E-state index contributed by atoms with van der Waals surface area (Å²) in [5.41, 5.74) is 2.23. The highest BCUT2D eigenvalue weighted by atomic mass is 16.6. The second kappa shape index (κ2) is 6.30. The maximum absolute atomic E-state index is 10.9. The predicted octanol–water partition coefficient (Wildman–Crippen LogP) is 2.50. The summed E-state index contributed by atoms with van der Waals surface area (Å²) in [5, 5.41) is 14.2. The maximum atomic E-state index is 10.9. The van der Waals surface area contributed by atoms with Gasteiger partial charge in [-0.15, -0.1) is 0 Å². The van der Waals surface area contributed by atoms with Gasteiger partial charge in [-0.1, -0.05) is 13.3 Å². The topological polar surface area (TPSA) is 68.1 Å². The van der Waals surface area contributed by atoms with Gasteiger partial charge in [0.2, 0.25) is 0 Å². The van der Waals surface area contributed by atoms with E-state index in [2.05, 4.69) is 17.2 Å². The first-order valence-corrected chi connectivity index (χ1v) is 5.88. The van der Waals surface area contributed by atoms with Crippen molar-refractivity contribution in [1.82, 2.24) is 10.3 Å². The van der Waals surface area contributed by atoms with Crippen LogP contribution < -0.4 is 5.32 Å². The van der Waals surface area contributed by atoms with E-state index in [9.17, 15) is 10.1 Å². The van der Waals surface area contributed by atoms with Crippen molar-refractivity contribution < 1.29 is 4.92 Å². The number of aromatic nitrogens is 1. The molecule has 1 N–H and O–H groups in total. The Labute approximate surface area is 101 Å². The summed E-state index contributed by atoms with van der Waals surface area (Å²) in [6.45, 7) is 7.11. The zero-order valence-corrected chi connectivity index (χ0v) is 10.6. The Morgan fingerprint density at radius 1 is 1.47 bits per heavy atom. The molecule has 0 aliphatic rings. The maximum Gasteiger partial charge on any atom is 0.278 e. The first-order chi connectivity index (χ1) is 8.07. The van der Waals surface area contributed by atoms with Crippen LogP contribution in [0.1, 0.15) is 36.6 Å². The van der Waals surface area contributed by atoms with Crippen LogP contribution in [0.4, 0.5) is 5.69 Å². The van der Waals surface area contributed by atoms with E-state index in [-0.39, 0.29) is 10.6 Å². The average Bonchev–Trinajstić information content (AvgIpc) is 2.26. The highest BCUT2D eigenvalue weighted by Gasteiger charge is 2.18. The highest BCUT2D eigenvalue weighted by Crippen LogP contribution is 2.23. The molecule has 0 amide bonds. The number of nitro groups is 1. The van der Waals surface area contributed by atoms with Crippen molar-refractivity contribution in [2.24, 2.45) is 0 Å². The van der Waals surface area contributed by atoms with Gasteiger partial charge in [-0.3, -0.25) is 15.1 Å². The number of pyridine rings is 1. The van der Waals surface area contributed by atoms with Gasteiger partial charge in [0.1, 0.15) is 0 Å². The number of rotatable bonds is 6. The number of nitrogens with one attached hydrogen (secondary N) is 1. The van der Waals surface area contributed by atoms with Gasteiger partial charge in [-0.25, -0.2) is 0 Å². The van der Waals surface area contributed by atoms with Crippen molar-refractivity contribution in [2.75, 3.05) is 6.54 Å². The number of aryl methyl sites for hydroxylation is 1. The molecule has 0 unspecified atom stereocenters. The van der Waals surface area contributed by atoms with Crippen LogP contribution in [0.3, 0.4) is 0 Å². The van der Waals surface area contributed by atoms with Crippen LogP contribution in [-0.4, -0.2) is 16.5 Å². The van der Waals surface area contributed by atoms with Crippen LogP contribution in [0.15, 0.2) is 6.20 Å². The third-order valence-electron chi connectivity index (χ3n) is 2.76. The molecule has 17 heavy (non-hydrogen) atoms. The standard InChI is InChI=1S/C12H19N3O2/c1-4-5-6-13-8-11-10(3)12(15(16)17)9(2)7-14-11/h7,13H,4-6,8H2,1-3H3. The first-order valence-electron chi connectivity index (χ1n) is 5.88. The van der Waals surface area contributed by atoms with Crippen LogP contribution in [0, 0.1) is 24.0 Å². The van der Waals surface area contributed by atoms with E-state index in [1.54, 1.807) is 20.0 Å². The van der Waals surface area contributed by atoms with Crippen molar-refractivity contribution in [2.45, 2.75) is 40.2 Å². The van der Waals surface area contributed by atoms with Gasteiger partial charge in [0.25, 0.3) is 5.69 Å². The minimum atomic E-state index is -0.331. The van der Waals surface area contributed by atoms with Crippen molar-refractivity contribution in [3.8, 4) is 0 Å². The molecule has 5 heteroatoms. The quantitative estimate of drug-likeness (QED) is 0.469. The van der Waals surface area contributed by atoms with E-state index < -0.39 is 0 Å². The van der Waals surface area contributed by atoms with E-state index in [0.29, 0.717) is 17.7 Å². The van der Waals surface area contributed by atoms with Gasteiger partial charge in [0.15, 0.2) is 0 Å². The van der Waals surface area contributed by atoms with Crippen molar-refractivity contribution >= 4 is 5.69 Å². The number of nitrogens with zero attached hydrogens (tertiary/aromatic N) is 2. The van der Waals surface area contributed by atoms with E-state index in [0.717, 1.165) is 25.1 Å². The molecule has 94 valence electrons. The summed E-state index contributed by atoms with van der Waals surface area (Å²) in [6.07, 6.45) is 3.81. The van der Waals surface area contributed by atoms with Gasteiger partial charge in [0.05, 0.1) is 10.6 Å². The molecule has 0 saturated heterocycles. The summed E-state index contributed by atoms with van der Waals surface area (Å²) in [4.78, 5) is 14.8. The fraction of sp³-hybridized carbons (Fsp3) is 0.583. The second-order valence-corrected chi connectivity index (χ2v) is 4.15. The largest absolute Gasteiger partial charge is 0.311 e. The molecular formula is C12H19N3O2. The normalized spacial score (nSPS) is 10.5. The molecule has 0 aromatic carbocycles. The lowest BCUT2D eigenvalue weighted by molar-refractivity contribution is -0.386. The molecule has 1 aromatic heterocycles. The lowest BCUT2D eigenvalue weighted by Gasteiger charge is -2.08. The van der Waals surface area contributed by atoms with Gasteiger partial charge >= 0.3 is 0 Å². The zero-order valence-electron chi connectivity index (χ0n) is 10.6. The SMILES string of the molecule is CCCCNCc1ncc(C)c([N+](=O)[O-])c1C. The lowest BCUT2D eigenvalue weighted by Crippen LogP contribution is -2.17. The summed E-state index contributed by atoms with van der Waals surface area (Å²) >= 11 is 0. The molecule has 0 radical (unpaired) electrons. The van der Waals surface area contributed by atoms with Crippen LogP contribution in [0.25, 0.3) is 0 Å². The minimum Gasteiger partial charge on any atom is -0.311 e. The lowest BCUT2D eigenvalue weighted by atomic mass is 10.1. The van der Waals surface area contributed by atoms with Crippen LogP contribution >= 0.6 is 0 Å². The molecule has 0 atom stereocenters. The van der Waals surface area contributed by atoms with Crippen molar-refractivity contribution in [3.05, 3.63) is 33.1 Å². The molecule has 5 nitrogen and oxygen atoms in total. The fourth-order valence-electron chi connectivity index (χ4n) is 1.73. The summed E-state index contributed by atoms with van der Waals surface area (Å²) in [6, 6.07) is 0. The minimum absolute atomic E-state index is 0.187. The second-order valence-electron chi connectivity index (χ2n) is 4.15. The molecule has 1 rings (SSSR count). The molecule has 1 aromatic rings. The van der Waals surface area contributed by atoms with Gasteiger partial charge in [-0.2, -0.15) is 0 Å². The summed E-state index contributed by atoms with van der Waals surface area (Å²) in [7, 11) is 0. The molecule has 0 bridgehead atoms. The smallest absolute Gasteiger partial charge is 0.278 e. The molecule has 0 aliphatic carbocycles. The summed E-state index contributed by atoms with van der Waals surface area (Å²) in [5.74, 6) is 0. The Kier molecular flexibility index (Phi) is 5.03. The van der Waals surface area contributed by atoms with E-state index in [1.165, 1.54) is 0 Å². The monoisotopic (exact) mass is 237 g/mol. The zero-order chi connectivity index (χ0) is 12.8. The number of unbranched alkanes of at least 4 members (excludes halogenated alkanes) is 1. The van der Waals surface area contributed by atoms with Crippen molar-refractivity contribution in [1.29, 1.82) is 0 Å². The Morgan fingerprint density at radius 3 is 2.76 bits per heavy atom. The molecule has 0 saturated carbocycles. The van der Waals surface area contributed by atoms with E-state index in [4.69, 9.17) is 0 Å². The van der Waals surface area contributed by atoms with Gasteiger partial charge in [0, 0.05) is 23.9 Å². The predicted molar refractivity (Wildman–Crippen MR) is 67.0 cm³/mol. The molecule has 1 heterocycles. The van der Waals surface area contributed by atoms with Crippen molar-refractivity contribution in [3.63, 3.8) is 0 Å². The van der Waals surface area contributed by atoms with Crippen LogP contribution in [-0.2, 0) is 6.54 Å². The Hall–Kier alpha value is -1.49. The van der Waals surface area contributed by atoms with Crippen LogP contribution in [0.5, 0.6) is 0 Å². The molecule has 0 aliphatic heterocycles. The third-order valence-corrected chi connectivity index (χ3v) is 2.76. The molecule has 0 spiro atoms. The average molecular weight is 237 g/mol. The van der Waals surface area contributed by atoms with E-state index >= 15 is 0 Å². The molecular weight excluding hydrogens is 218 g/mol. The van der Waals surface area contributed by atoms with Gasteiger partial charge in [-0.05, 0) is 26.8 Å². The third kappa shape index (κ3) is 3.49. The summed E-state index contributed by atoms with van der Waals surface area (Å²) < 4.78 is 0. The number of hydrogen-bond acceptors (Lipinski definition) is 4. The fourth-order valence-corrected chi connectivity index (χ4v) is 1.73. The van der Waals surface area contributed by atoms with Gasteiger partial charge < -0.3 is 5.32 Å².